The predicted octanol–water partition coefficient (Wildman–Crippen LogP) is 1.34. The Kier molecular flexibility index (Phi) is 3.93. The smallest absolute Gasteiger partial charge is 0.0210 e. The number of benzene rings is 1. The van der Waals surface area contributed by atoms with Crippen molar-refractivity contribution in [3.8, 4) is 0 Å². The molecule has 0 aromatic heterocycles. The zero-order valence-electron chi connectivity index (χ0n) is 9.87. The molecular formula is C13H20N3-. The maximum absolute atomic E-state index is 5.43. The van der Waals surface area contributed by atoms with Gasteiger partial charge in [0.25, 0.3) is 0 Å². The molecule has 0 radical (unpaired) electrons. The van der Waals surface area contributed by atoms with Crippen molar-refractivity contribution in [3.63, 3.8) is 0 Å². The summed E-state index contributed by atoms with van der Waals surface area (Å²) in [6.07, 6.45) is 1.09. The number of nitrogens with two attached hydrogens (primary N) is 1. The van der Waals surface area contributed by atoms with Crippen LogP contribution in [-0.2, 0) is 13.0 Å². The molecule has 1 heterocycles. The molecular weight excluding hydrogens is 198 g/mol. The summed E-state index contributed by atoms with van der Waals surface area (Å²) in [5.74, 6) is 0. The normalized spacial score (nSPS) is 19.5. The molecule has 0 bridgehead atoms. The lowest BCUT2D eigenvalue weighted by Crippen LogP contribution is -2.38. The lowest BCUT2D eigenvalue weighted by Gasteiger charge is -2.32. The molecule has 2 rings (SSSR count). The Bertz CT molecular complexity index is 349. The van der Waals surface area contributed by atoms with Crippen molar-refractivity contribution in [2.45, 2.75) is 25.9 Å². The van der Waals surface area contributed by atoms with Crippen molar-refractivity contribution in [2.75, 3.05) is 19.6 Å². The first-order valence-corrected chi connectivity index (χ1v) is 5.95. The van der Waals surface area contributed by atoms with E-state index in [9.17, 15) is 0 Å². The van der Waals surface area contributed by atoms with E-state index in [2.05, 4.69) is 35.8 Å². The van der Waals surface area contributed by atoms with E-state index >= 15 is 0 Å². The van der Waals surface area contributed by atoms with Crippen LogP contribution in [0.5, 0.6) is 0 Å². The molecule has 0 spiro atoms. The topological polar surface area (TPSA) is 52.2 Å². The van der Waals surface area contributed by atoms with Gasteiger partial charge in [0.15, 0.2) is 0 Å². The Morgan fingerprint density at radius 3 is 3.19 bits per heavy atom. The van der Waals surface area contributed by atoms with Gasteiger partial charge in [0, 0.05) is 6.54 Å². The molecule has 3 nitrogen and oxygen atoms in total. The molecule has 3 heteroatoms. The van der Waals surface area contributed by atoms with Crippen molar-refractivity contribution in [1.82, 2.24) is 5.32 Å². The second kappa shape index (κ2) is 5.43. The second-order valence-corrected chi connectivity index (χ2v) is 4.41. The standard InChI is InChI=1S/C13H20N3/c1-10-3-2-4-11-8-16-12(7-13(10)11)9-15-6-5-14/h2-4,12,16H,5-9,14H2,1H3/q-1/t12-/m1/s1. The molecule has 16 heavy (non-hydrogen) atoms. The summed E-state index contributed by atoms with van der Waals surface area (Å²) < 4.78 is 0. The average molecular weight is 218 g/mol. The van der Waals surface area contributed by atoms with E-state index in [0.717, 1.165) is 26.1 Å². The van der Waals surface area contributed by atoms with Crippen LogP contribution in [0.1, 0.15) is 16.7 Å². The minimum Gasteiger partial charge on any atom is -0.660 e. The molecule has 1 aromatic rings. The highest BCUT2D eigenvalue weighted by atomic mass is 15.0. The minimum atomic E-state index is 0.486. The number of fused-ring (bicyclic) bond motifs is 1. The van der Waals surface area contributed by atoms with Crippen LogP contribution in [0.3, 0.4) is 0 Å². The number of aryl methyl sites for hydroxylation is 1. The Hall–Kier alpha value is -0.900. The molecule has 1 aromatic carbocycles. The monoisotopic (exact) mass is 218 g/mol. The summed E-state index contributed by atoms with van der Waals surface area (Å²) in [7, 11) is 0. The number of nitrogens with zero attached hydrogens (tertiary/aromatic N) is 1. The van der Waals surface area contributed by atoms with Gasteiger partial charge >= 0.3 is 0 Å². The van der Waals surface area contributed by atoms with Gasteiger partial charge in [-0.05, 0) is 42.6 Å². The quantitative estimate of drug-likeness (QED) is 0.749. The van der Waals surface area contributed by atoms with E-state index < -0.39 is 0 Å². The van der Waals surface area contributed by atoms with Gasteiger partial charge < -0.3 is 16.4 Å². The van der Waals surface area contributed by atoms with Crippen LogP contribution < -0.4 is 11.1 Å². The Labute approximate surface area is 97.4 Å². The fourth-order valence-electron chi connectivity index (χ4n) is 2.26. The number of nitrogens with one attached hydrogen (secondary N) is 1. The van der Waals surface area contributed by atoms with Crippen LogP contribution in [-0.4, -0.2) is 25.7 Å². The fourth-order valence-corrected chi connectivity index (χ4v) is 2.26. The van der Waals surface area contributed by atoms with Crippen LogP contribution in [0.15, 0.2) is 18.2 Å². The highest BCUT2D eigenvalue weighted by Crippen LogP contribution is 2.20. The molecule has 0 fully saturated rings. The third kappa shape index (κ3) is 2.61. The van der Waals surface area contributed by atoms with E-state index in [-0.39, 0.29) is 0 Å². The third-order valence-electron chi connectivity index (χ3n) is 3.18. The van der Waals surface area contributed by atoms with E-state index in [0.29, 0.717) is 12.6 Å². The highest BCUT2D eigenvalue weighted by molar-refractivity contribution is 5.36. The maximum Gasteiger partial charge on any atom is 0.0210 e. The van der Waals surface area contributed by atoms with Crippen LogP contribution in [0.2, 0.25) is 0 Å². The number of hydrogen-bond acceptors (Lipinski definition) is 2. The van der Waals surface area contributed by atoms with Crippen LogP contribution in [0, 0.1) is 6.92 Å². The van der Waals surface area contributed by atoms with Crippen LogP contribution in [0.4, 0.5) is 0 Å². The lowest BCUT2D eigenvalue weighted by atomic mass is 9.92. The van der Waals surface area contributed by atoms with Crippen LogP contribution in [0.25, 0.3) is 5.32 Å². The third-order valence-corrected chi connectivity index (χ3v) is 3.18. The van der Waals surface area contributed by atoms with E-state index in [4.69, 9.17) is 5.73 Å². The first-order chi connectivity index (χ1) is 7.81. The van der Waals surface area contributed by atoms with Gasteiger partial charge in [-0.25, -0.2) is 0 Å². The van der Waals surface area contributed by atoms with Crippen LogP contribution >= 0.6 is 0 Å². The van der Waals surface area contributed by atoms with Crippen molar-refractivity contribution >= 4 is 0 Å². The van der Waals surface area contributed by atoms with Gasteiger partial charge in [-0.3, -0.25) is 0 Å². The first-order valence-electron chi connectivity index (χ1n) is 5.95. The molecule has 1 aliphatic heterocycles. The number of hydrogen-bond donors (Lipinski definition) is 2. The first kappa shape index (κ1) is 11.6. The summed E-state index contributed by atoms with van der Waals surface area (Å²) in [5.41, 5.74) is 9.78. The molecule has 3 N–H and O–H groups in total. The molecule has 0 unspecified atom stereocenters. The Morgan fingerprint density at radius 1 is 1.50 bits per heavy atom. The SMILES string of the molecule is Cc1cccc2c1C[C@H](C[N-]CCN)NC2. The van der Waals surface area contributed by atoms with Gasteiger partial charge in [-0.1, -0.05) is 18.2 Å². The fraction of sp³-hybridized carbons (Fsp3) is 0.538. The summed E-state index contributed by atoms with van der Waals surface area (Å²) in [6.45, 7) is 5.48. The second-order valence-electron chi connectivity index (χ2n) is 4.41. The zero-order valence-corrected chi connectivity index (χ0v) is 9.87. The molecule has 0 aliphatic carbocycles. The van der Waals surface area contributed by atoms with Gasteiger partial charge in [0.1, 0.15) is 0 Å². The zero-order chi connectivity index (χ0) is 11.4. The van der Waals surface area contributed by atoms with Crippen molar-refractivity contribution in [3.05, 3.63) is 40.2 Å². The van der Waals surface area contributed by atoms with Gasteiger partial charge in [0.2, 0.25) is 0 Å². The lowest BCUT2D eigenvalue weighted by molar-refractivity contribution is 0.497. The van der Waals surface area contributed by atoms with Gasteiger partial charge in [-0.15, -0.1) is 13.1 Å². The maximum atomic E-state index is 5.43. The highest BCUT2D eigenvalue weighted by Gasteiger charge is 2.16. The molecule has 0 amide bonds. The molecule has 1 atom stereocenters. The summed E-state index contributed by atoms with van der Waals surface area (Å²) >= 11 is 0. The minimum absolute atomic E-state index is 0.486. The van der Waals surface area contributed by atoms with E-state index in [1.165, 1.54) is 16.7 Å². The molecule has 1 aliphatic rings. The summed E-state index contributed by atoms with van der Waals surface area (Å²) in [6, 6.07) is 7.02. The van der Waals surface area contributed by atoms with E-state index in [1.54, 1.807) is 0 Å². The number of rotatable bonds is 4. The predicted molar refractivity (Wildman–Crippen MR) is 67.7 cm³/mol. The van der Waals surface area contributed by atoms with Crippen molar-refractivity contribution < 1.29 is 0 Å². The van der Waals surface area contributed by atoms with Gasteiger partial charge in [0.05, 0.1) is 0 Å². The molecule has 0 saturated carbocycles. The van der Waals surface area contributed by atoms with E-state index in [1.807, 2.05) is 0 Å². The molecule has 88 valence electrons. The summed E-state index contributed by atoms with van der Waals surface area (Å²) in [4.78, 5) is 0. The molecule has 0 saturated heterocycles. The van der Waals surface area contributed by atoms with Crippen molar-refractivity contribution in [1.29, 1.82) is 0 Å². The largest absolute Gasteiger partial charge is 0.660 e. The summed E-state index contributed by atoms with van der Waals surface area (Å²) in [5, 5.41) is 7.96. The van der Waals surface area contributed by atoms with Crippen molar-refractivity contribution in [2.24, 2.45) is 5.73 Å². The average Bonchev–Trinajstić information content (AvgIpc) is 2.30. The van der Waals surface area contributed by atoms with Gasteiger partial charge in [-0.2, -0.15) is 0 Å². The Morgan fingerprint density at radius 2 is 2.38 bits per heavy atom. The Balaban J connectivity index is 1.97.